The summed E-state index contributed by atoms with van der Waals surface area (Å²) in [7, 11) is -3.29. The monoisotopic (exact) mass is 360 g/mol. The van der Waals surface area contributed by atoms with Gasteiger partial charge >= 0.3 is 5.69 Å². The molecule has 5 nitrogen and oxygen atoms in total. The lowest BCUT2D eigenvalue weighted by Crippen LogP contribution is -2.22. The first-order valence-electron chi connectivity index (χ1n) is 7.02. The largest absolute Gasteiger partial charge is 0.354 e. The van der Waals surface area contributed by atoms with Gasteiger partial charge < -0.3 is 0 Å². The van der Waals surface area contributed by atoms with Gasteiger partial charge in [0.25, 0.3) is 0 Å². The predicted octanol–water partition coefficient (Wildman–Crippen LogP) is 2.96. The van der Waals surface area contributed by atoms with Crippen LogP contribution in [0.15, 0.2) is 70.4 Å². The maximum absolute atomic E-state index is 12.3. The number of hydrogen-bond donors (Lipinski definition) is 0. The van der Waals surface area contributed by atoms with Crippen LogP contribution in [0.4, 0.5) is 0 Å². The van der Waals surface area contributed by atoms with E-state index in [1.807, 2.05) is 18.2 Å². The molecule has 0 radical (unpaired) electrons. The average Bonchev–Trinajstić information content (AvgIpc) is 2.54. The van der Waals surface area contributed by atoms with E-state index in [9.17, 15) is 13.2 Å². The molecule has 0 spiro atoms. The maximum atomic E-state index is 12.3. The second-order valence-corrected chi connectivity index (χ2v) is 7.62. The number of rotatable bonds is 3. The Labute approximate surface area is 144 Å². The maximum Gasteiger partial charge on any atom is 0.354 e. The van der Waals surface area contributed by atoms with Gasteiger partial charge in [0.1, 0.15) is 5.15 Å². The minimum absolute atomic E-state index is 0.0781. The number of hydrogen-bond acceptors (Lipinski definition) is 4. The van der Waals surface area contributed by atoms with Crippen LogP contribution in [0.3, 0.4) is 0 Å². The normalized spacial score (nSPS) is 11.4. The Morgan fingerprint density at radius 2 is 1.62 bits per heavy atom. The molecule has 1 heterocycles. The van der Waals surface area contributed by atoms with Gasteiger partial charge in [0.15, 0.2) is 9.84 Å². The van der Waals surface area contributed by atoms with Crippen molar-refractivity contribution in [3.63, 3.8) is 0 Å². The second-order valence-electron chi connectivity index (χ2n) is 5.21. The number of nitrogens with zero attached hydrogens (tertiary/aromatic N) is 2. The topological polar surface area (TPSA) is 69.0 Å². The lowest BCUT2D eigenvalue weighted by molar-refractivity contribution is 0.602. The molecule has 0 N–H and O–H groups in total. The lowest BCUT2D eigenvalue weighted by atomic mass is 10.1. The highest BCUT2D eigenvalue weighted by Crippen LogP contribution is 2.24. The summed E-state index contributed by atoms with van der Waals surface area (Å²) < 4.78 is 24.6. The third-order valence-electron chi connectivity index (χ3n) is 3.48. The smallest absolute Gasteiger partial charge is 0.260 e. The molecule has 7 heteroatoms. The van der Waals surface area contributed by atoms with Crippen LogP contribution in [0.5, 0.6) is 0 Å². The van der Waals surface area contributed by atoms with Crippen LogP contribution in [0.2, 0.25) is 5.15 Å². The second kappa shape index (κ2) is 6.22. The highest BCUT2D eigenvalue weighted by molar-refractivity contribution is 7.90. The van der Waals surface area contributed by atoms with Gasteiger partial charge in [-0.05, 0) is 29.8 Å². The Morgan fingerprint density at radius 3 is 2.21 bits per heavy atom. The molecule has 3 aromatic rings. The number of para-hydroxylation sites is 1. The molecule has 0 aliphatic carbocycles. The van der Waals surface area contributed by atoms with Crippen molar-refractivity contribution in [1.82, 2.24) is 9.55 Å². The molecule has 0 unspecified atom stereocenters. The molecule has 0 atom stereocenters. The van der Waals surface area contributed by atoms with Crippen molar-refractivity contribution in [2.24, 2.45) is 0 Å². The van der Waals surface area contributed by atoms with Crippen LogP contribution in [0.25, 0.3) is 16.9 Å². The molecule has 0 bridgehead atoms. The summed E-state index contributed by atoms with van der Waals surface area (Å²) in [4.78, 5) is 16.3. The van der Waals surface area contributed by atoms with Crippen molar-refractivity contribution in [1.29, 1.82) is 0 Å². The van der Waals surface area contributed by atoms with Gasteiger partial charge in [-0.1, -0.05) is 41.9 Å². The molecule has 1 aromatic heterocycles. The van der Waals surface area contributed by atoms with E-state index in [0.717, 1.165) is 6.26 Å². The van der Waals surface area contributed by atoms with E-state index in [2.05, 4.69) is 4.98 Å². The Kier molecular flexibility index (Phi) is 4.26. The number of benzene rings is 2. The molecular weight excluding hydrogens is 348 g/mol. The molecule has 24 heavy (non-hydrogen) atoms. The van der Waals surface area contributed by atoms with E-state index in [1.165, 1.54) is 16.7 Å². The quantitative estimate of drug-likeness (QED) is 0.673. The summed E-state index contributed by atoms with van der Waals surface area (Å²) in [6.07, 6.45) is 1.14. The zero-order chi connectivity index (χ0) is 17.3. The highest BCUT2D eigenvalue weighted by atomic mass is 35.5. The molecule has 2 aromatic carbocycles. The van der Waals surface area contributed by atoms with E-state index >= 15 is 0 Å². The minimum Gasteiger partial charge on any atom is -0.260 e. The number of sulfone groups is 1. The van der Waals surface area contributed by atoms with Crippen molar-refractivity contribution < 1.29 is 8.42 Å². The van der Waals surface area contributed by atoms with E-state index in [0.29, 0.717) is 16.9 Å². The fourth-order valence-corrected chi connectivity index (χ4v) is 3.17. The van der Waals surface area contributed by atoms with Crippen LogP contribution in [0, 0.1) is 0 Å². The average molecular weight is 361 g/mol. The fraction of sp³-hybridized carbons (Fsp3) is 0.0588. The van der Waals surface area contributed by atoms with Crippen molar-refractivity contribution in [3.8, 4) is 16.9 Å². The molecule has 0 amide bonds. The first-order chi connectivity index (χ1) is 11.4. The minimum atomic E-state index is -3.29. The van der Waals surface area contributed by atoms with Crippen LogP contribution in [0.1, 0.15) is 0 Å². The standard InChI is InChI=1S/C17H13ClN2O3S/c1-24(22,23)14-9-7-12(8-10-14)15-11-16(18)19-17(21)20(15)13-5-3-2-4-6-13/h2-11H,1H3. The third-order valence-corrected chi connectivity index (χ3v) is 4.81. The Bertz CT molecular complexity index is 1040. The van der Waals surface area contributed by atoms with E-state index in [1.54, 1.807) is 30.3 Å². The van der Waals surface area contributed by atoms with Crippen molar-refractivity contribution in [2.75, 3.05) is 6.26 Å². The summed E-state index contributed by atoms with van der Waals surface area (Å²) in [5, 5.41) is 0.0781. The number of halogens is 1. The zero-order valence-corrected chi connectivity index (χ0v) is 14.3. The van der Waals surface area contributed by atoms with Gasteiger partial charge in [0.2, 0.25) is 0 Å². The van der Waals surface area contributed by atoms with Gasteiger partial charge in [-0.25, -0.2) is 13.2 Å². The molecule has 0 saturated carbocycles. The summed E-state index contributed by atoms with van der Waals surface area (Å²) in [6, 6.07) is 16.9. The molecule has 0 fully saturated rings. The Morgan fingerprint density at radius 1 is 1.00 bits per heavy atom. The zero-order valence-electron chi connectivity index (χ0n) is 12.7. The van der Waals surface area contributed by atoms with Gasteiger partial charge in [-0.2, -0.15) is 4.98 Å². The summed E-state index contributed by atoms with van der Waals surface area (Å²) in [5.41, 5.74) is 1.34. The highest BCUT2D eigenvalue weighted by Gasteiger charge is 2.13. The van der Waals surface area contributed by atoms with Crippen molar-refractivity contribution in [2.45, 2.75) is 4.90 Å². The Balaban J connectivity index is 2.23. The van der Waals surface area contributed by atoms with Gasteiger partial charge in [0.05, 0.1) is 16.3 Å². The van der Waals surface area contributed by atoms with E-state index in [4.69, 9.17) is 11.6 Å². The molecule has 0 aliphatic heterocycles. The predicted molar refractivity (Wildman–Crippen MR) is 93.4 cm³/mol. The van der Waals surface area contributed by atoms with Crippen LogP contribution >= 0.6 is 11.6 Å². The summed E-state index contributed by atoms with van der Waals surface area (Å²) in [6.45, 7) is 0. The first kappa shape index (κ1) is 16.4. The summed E-state index contributed by atoms with van der Waals surface area (Å²) in [5.74, 6) is 0. The van der Waals surface area contributed by atoms with E-state index in [-0.39, 0.29) is 10.0 Å². The lowest BCUT2D eigenvalue weighted by Gasteiger charge is -2.13. The SMILES string of the molecule is CS(=O)(=O)c1ccc(-c2cc(Cl)nc(=O)n2-c2ccccc2)cc1. The molecule has 0 saturated heterocycles. The molecule has 3 rings (SSSR count). The van der Waals surface area contributed by atoms with Gasteiger partial charge in [-0.3, -0.25) is 4.57 Å². The number of aromatic nitrogens is 2. The van der Waals surface area contributed by atoms with Gasteiger partial charge in [-0.15, -0.1) is 0 Å². The van der Waals surface area contributed by atoms with Crippen LogP contribution in [-0.2, 0) is 9.84 Å². The van der Waals surface area contributed by atoms with Crippen LogP contribution < -0.4 is 5.69 Å². The molecule has 122 valence electrons. The molecule has 0 aliphatic rings. The third kappa shape index (κ3) is 3.25. The van der Waals surface area contributed by atoms with Crippen LogP contribution in [-0.4, -0.2) is 24.2 Å². The van der Waals surface area contributed by atoms with Crippen molar-refractivity contribution in [3.05, 3.63) is 76.3 Å². The fourth-order valence-electron chi connectivity index (χ4n) is 2.37. The summed E-state index contributed by atoms with van der Waals surface area (Å²) >= 11 is 5.94. The van der Waals surface area contributed by atoms with E-state index < -0.39 is 15.5 Å². The molecular formula is C17H13ClN2O3S. The van der Waals surface area contributed by atoms with Gasteiger partial charge in [0, 0.05) is 12.3 Å². The first-order valence-corrected chi connectivity index (χ1v) is 9.29. The Hall–Kier alpha value is -2.44. The van der Waals surface area contributed by atoms with Crippen molar-refractivity contribution >= 4 is 21.4 Å².